The Kier molecular flexibility index (Phi) is 8.36. The fourth-order valence-electron chi connectivity index (χ4n) is 6.17. The minimum atomic E-state index is -0.799. The maximum absolute atomic E-state index is 15.6. The Balaban J connectivity index is 1.47. The van der Waals surface area contributed by atoms with Gasteiger partial charge in [0.2, 0.25) is 0 Å². The van der Waals surface area contributed by atoms with Crippen LogP contribution in [0.25, 0.3) is 22.4 Å². The molecule has 1 aliphatic rings. The lowest BCUT2D eigenvalue weighted by atomic mass is 9.69. The van der Waals surface area contributed by atoms with E-state index >= 15 is 8.78 Å². The van der Waals surface area contributed by atoms with Crippen molar-refractivity contribution < 1.29 is 22.8 Å². The molecule has 220 valence electrons. The second kappa shape index (κ2) is 12.0. The molecule has 3 N–H and O–H groups in total. The third-order valence-corrected chi connectivity index (χ3v) is 8.54. The number of aryl methyl sites for hydroxylation is 2. The van der Waals surface area contributed by atoms with Gasteiger partial charge < -0.3 is 20.3 Å². The predicted molar refractivity (Wildman–Crippen MR) is 156 cm³/mol. The summed E-state index contributed by atoms with van der Waals surface area (Å²) >= 11 is 0. The second-order valence-electron chi connectivity index (χ2n) is 11.0. The number of rotatable bonds is 7. The average Bonchev–Trinajstić information content (AvgIpc) is 3.32. The van der Waals surface area contributed by atoms with Gasteiger partial charge in [0.05, 0.1) is 30.3 Å². The number of nitrogens with two attached hydrogens (primary N) is 1. The van der Waals surface area contributed by atoms with E-state index < -0.39 is 17.5 Å². The summed E-state index contributed by atoms with van der Waals surface area (Å²) in [5, 5.41) is 6.82. The minimum Gasteiger partial charge on any atom is -0.496 e. The standard InChI is InChI=1S/C32H35F2N5O3/c1-6-19-11-20(13-25(35)16(19)2)22-9-10-36-15-27(22)38-32(40)26-8-7-23(33)31(37-26)30-24(34)12-21(14-28(30)41-5)29-17(3)39-42-18(29)4/h7-10,12,14-16,19-20,25H,6,11,13,35H2,1-5H3,(H,38,40)/t16-,19-,20+,25+/m0/s1. The van der Waals surface area contributed by atoms with Crippen molar-refractivity contribution in [2.24, 2.45) is 17.6 Å². The van der Waals surface area contributed by atoms with E-state index in [-0.39, 0.29) is 34.7 Å². The molecule has 42 heavy (non-hydrogen) atoms. The molecule has 1 aromatic carbocycles. The van der Waals surface area contributed by atoms with Gasteiger partial charge in [0.15, 0.2) is 0 Å². The Labute approximate surface area is 243 Å². The highest BCUT2D eigenvalue weighted by atomic mass is 19.1. The maximum Gasteiger partial charge on any atom is 0.274 e. The summed E-state index contributed by atoms with van der Waals surface area (Å²) in [7, 11) is 1.36. The van der Waals surface area contributed by atoms with Crippen molar-refractivity contribution in [1.29, 1.82) is 0 Å². The largest absolute Gasteiger partial charge is 0.496 e. The zero-order valence-corrected chi connectivity index (χ0v) is 24.4. The second-order valence-corrected chi connectivity index (χ2v) is 11.0. The van der Waals surface area contributed by atoms with Gasteiger partial charge in [-0.2, -0.15) is 0 Å². The van der Waals surface area contributed by atoms with E-state index in [1.807, 2.05) is 6.07 Å². The molecule has 1 fully saturated rings. The highest BCUT2D eigenvalue weighted by molar-refractivity contribution is 6.03. The highest BCUT2D eigenvalue weighted by Crippen LogP contribution is 2.43. The number of hydrogen-bond acceptors (Lipinski definition) is 7. The highest BCUT2D eigenvalue weighted by Gasteiger charge is 2.34. The summed E-state index contributed by atoms with van der Waals surface area (Å²) in [6, 6.07) is 7.13. The lowest BCUT2D eigenvalue weighted by Gasteiger charge is -2.39. The lowest BCUT2D eigenvalue weighted by molar-refractivity contribution is 0.102. The molecule has 1 amide bonds. The number of carbonyl (C=O) groups excluding carboxylic acids is 1. The maximum atomic E-state index is 15.6. The molecule has 0 saturated heterocycles. The zero-order chi connectivity index (χ0) is 30.1. The van der Waals surface area contributed by atoms with Crippen molar-refractivity contribution in [2.75, 3.05) is 12.4 Å². The third-order valence-electron chi connectivity index (χ3n) is 8.54. The summed E-state index contributed by atoms with van der Waals surface area (Å²) in [5.74, 6) is -0.521. The third kappa shape index (κ3) is 5.51. The van der Waals surface area contributed by atoms with Crippen molar-refractivity contribution in [3.05, 3.63) is 77.1 Å². The number of nitrogens with zero attached hydrogens (tertiary/aromatic N) is 3. The SMILES string of the molecule is CC[C@H]1C[C@@H](c2ccncc2NC(=O)c2ccc(F)c(-c3c(F)cc(-c4c(C)noc4C)cc3OC)n2)C[C@@H](N)[C@H]1C. The van der Waals surface area contributed by atoms with Gasteiger partial charge >= 0.3 is 0 Å². The minimum absolute atomic E-state index is 0.0526. The molecule has 4 aromatic rings. The van der Waals surface area contributed by atoms with Crippen LogP contribution in [0.15, 0.2) is 47.2 Å². The molecule has 0 radical (unpaired) electrons. The molecule has 1 aliphatic carbocycles. The first-order chi connectivity index (χ1) is 20.1. The van der Waals surface area contributed by atoms with Crippen LogP contribution in [-0.4, -0.2) is 34.2 Å². The molecule has 8 nitrogen and oxygen atoms in total. The van der Waals surface area contributed by atoms with Crippen LogP contribution in [0.1, 0.15) is 66.5 Å². The molecule has 0 aliphatic heterocycles. The van der Waals surface area contributed by atoms with Gasteiger partial charge in [-0.15, -0.1) is 0 Å². The Hall–Kier alpha value is -4.18. The number of pyridine rings is 2. The van der Waals surface area contributed by atoms with Crippen LogP contribution in [0.4, 0.5) is 14.5 Å². The quantitative estimate of drug-likeness (QED) is 0.248. The van der Waals surface area contributed by atoms with Crippen molar-refractivity contribution in [3.8, 4) is 28.1 Å². The Bertz CT molecular complexity index is 1600. The Morgan fingerprint density at radius 3 is 2.62 bits per heavy atom. The molecule has 10 heteroatoms. The van der Waals surface area contributed by atoms with Crippen LogP contribution in [0, 0.1) is 37.3 Å². The van der Waals surface area contributed by atoms with Crippen molar-refractivity contribution in [2.45, 2.75) is 58.9 Å². The number of hydrogen-bond donors (Lipinski definition) is 2. The average molecular weight is 576 g/mol. The molecule has 0 unspecified atom stereocenters. The Morgan fingerprint density at radius 1 is 1.14 bits per heavy atom. The van der Waals surface area contributed by atoms with Crippen molar-refractivity contribution in [1.82, 2.24) is 15.1 Å². The number of anilines is 1. The van der Waals surface area contributed by atoms with Gasteiger partial charge in [0, 0.05) is 17.8 Å². The number of nitrogens with one attached hydrogen (secondary N) is 1. The molecular formula is C32H35F2N5O3. The lowest BCUT2D eigenvalue weighted by Crippen LogP contribution is -2.39. The summed E-state index contributed by atoms with van der Waals surface area (Å²) < 4.78 is 41.4. The number of methoxy groups -OCH3 is 1. The van der Waals surface area contributed by atoms with E-state index in [4.69, 9.17) is 15.0 Å². The molecule has 0 spiro atoms. The molecule has 3 heterocycles. The first-order valence-electron chi connectivity index (χ1n) is 14.1. The van der Waals surface area contributed by atoms with Gasteiger partial charge in [0.1, 0.15) is 34.5 Å². The van der Waals surface area contributed by atoms with E-state index in [1.165, 1.54) is 19.2 Å². The van der Waals surface area contributed by atoms with Gasteiger partial charge in [-0.3, -0.25) is 9.78 Å². The first kappa shape index (κ1) is 29.3. The topological polar surface area (TPSA) is 116 Å². The molecule has 0 bridgehead atoms. The van der Waals surface area contributed by atoms with Gasteiger partial charge in [-0.05, 0) is 85.9 Å². The summed E-state index contributed by atoms with van der Waals surface area (Å²) in [6.45, 7) is 7.83. The molecule has 1 saturated carbocycles. The summed E-state index contributed by atoms with van der Waals surface area (Å²) in [4.78, 5) is 21.9. The molecule has 5 rings (SSSR count). The van der Waals surface area contributed by atoms with Crippen molar-refractivity contribution >= 4 is 11.6 Å². The van der Waals surface area contributed by atoms with Gasteiger partial charge in [-0.1, -0.05) is 25.4 Å². The summed E-state index contributed by atoms with van der Waals surface area (Å²) in [6.07, 6.45) is 6.08. The smallest absolute Gasteiger partial charge is 0.274 e. The van der Waals surface area contributed by atoms with Crippen LogP contribution in [0.5, 0.6) is 5.75 Å². The number of aromatic nitrogens is 3. The Morgan fingerprint density at radius 2 is 1.93 bits per heavy atom. The zero-order valence-electron chi connectivity index (χ0n) is 24.4. The van der Waals surface area contributed by atoms with Crippen LogP contribution in [-0.2, 0) is 0 Å². The molecule has 3 aromatic heterocycles. The fraction of sp³-hybridized carbons (Fsp3) is 0.375. The number of benzene rings is 1. The first-order valence-corrected chi connectivity index (χ1v) is 14.1. The van der Waals surface area contributed by atoms with Crippen LogP contribution >= 0.6 is 0 Å². The number of amides is 1. The predicted octanol–water partition coefficient (Wildman–Crippen LogP) is 6.82. The van der Waals surface area contributed by atoms with Crippen LogP contribution in [0.3, 0.4) is 0 Å². The number of halogens is 2. The summed E-state index contributed by atoms with van der Waals surface area (Å²) in [5.41, 5.74) is 9.02. The monoisotopic (exact) mass is 575 g/mol. The number of ether oxygens (including phenoxy) is 1. The van der Waals surface area contributed by atoms with Crippen LogP contribution < -0.4 is 15.8 Å². The molecule has 4 atom stereocenters. The van der Waals surface area contributed by atoms with Crippen LogP contribution in [0.2, 0.25) is 0 Å². The van der Waals surface area contributed by atoms with E-state index in [1.54, 1.807) is 32.3 Å². The van der Waals surface area contributed by atoms with Gasteiger partial charge in [-0.25, -0.2) is 13.8 Å². The van der Waals surface area contributed by atoms with E-state index in [0.29, 0.717) is 40.1 Å². The fourth-order valence-corrected chi connectivity index (χ4v) is 6.17. The van der Waals surface area contributed by atoms with Crippen molar-refractivity contribution in [3.63, 3.8) is 0 Å². The van der Waals surface area contributed by atoms with E-state index in [9.17, 15) is 4.79 Å². The van der Waals surface area contributed by atoms with E-state index in [0.717, 1.165) is 30.9 Å². The van der Waals surface area contributed by atoms with E-state index in [2.05, 4.69) is 34.3 Å². The normalized spacial score (nSPS) is 20.4. The number of carbonyl (C=O) groups is 1. The van der Waals surface area contributed by atoms with Gasteiger partial charge in [0.25, 0.3) is 5.91 Å². The molecular weight excluding hydrogens is 540 g/mol.